The number of carboxylic acids is 1. The zero-order valence-electron chi connectivity index (χ0n) is 21.2. The first-order valence-corrected chi connectivity index (χ1v) is 12.9. The van der Waals surface area contributed by atoms with Crippen molar-refractivity contribution >= 4 is 40.1 Å². The number of aliphatic carboxylic acids is 1. The van der Waals surface area contributed by atoms with Crippen LogP contribution in [-0.2, 0) is 16.0 Å². The number of rotatable bonds is 8. The van der Waals surface area contributed by atoms with Gasteiger partial charge in [-0.15, -0.1) is 0 Å². The lowest BCUT2D eigenvalue weighted by Gasteiger charge is -2.22. The summed E-state index contributed by atoms with van der Waals surface area (Å²) in [6.45, 7) is 0. The van der Waals surface area contributed by atoms with E-state index in [0.29, 0.717) is 34.0 Å². The Morgan fingerprint density at radius 1 is 1.08 bits per heavy atom. The number of hydrazone groups is 1. The van der Waals surface area contributed by atoms with Crippen LogP contribution in [0.1, 0.15) is 47.6 Å². The van der Waals surface area contributed by atoms with Crippen molar-refractivity contribution in [1.29, 1.82) is 0 Å². The van der Waals surface area contributed by atoms with Gasteiger partial charge in [0.15, 0.2) is 0 Å². The van der Waals surface area contributed by atoms with Crippen molar-refractivity contribution in [2.24, 2.45) is 5.10 Å². The molecule has 4 aromatic rings. The number of carbonyl (C=O) groups is 2. The Bertz CT molecular complexity index is 1630. The summed E-state index contributed by atoms with van der Waals surface area (Å²) in [6, 6.07) is 21.8. The molecule has 198 valence electrons. The maximum Gasteiger partial charge on any atom is 0.303 e. The molecule has 2 N–H and O–H groups in total. The zero-order chi connectivity index (χ0) is 27.5. The molecule has 1 amide bonds. The average Bonchev–Trinajstić information content (AvgIpc) is 3.37. The first-order valence-electron chi connectivity index (χ1n) is 12.5. The highest BCUT2D eigenvalue weighted by atomic mass is 35.5. The number of ether oxygens (including phenoxy) is 1. The van der Waals surface area contributed by atoms with Gasteiger partial charge in [-0.05, 0) is 53.4 Å². The first-order chi connectivity index (χ1) is 18.8. The summed E-state index contributed by atoms with van der Waals surface area (Å²) in [7, 11) is 1.57. The van der Waals surface area contributed by atoms with E-state index in [1.807, 2.05) is 48.5 Å². The number of halogens is 1. The van der Waals surface area contributed by atoms with E-state index in [4.69, 9.17) is 21.4 Å². The molecule has 2 heterocycles. The molecule has 1 aliphatic rings. The number of benzene rings is 3. The van der Waals surface area contributed by atoms with Gasteiger partial charge >= 0.3 is 5.97 Å². The van der Waals surface area contributed by atoms with Crippen molar-refractivity contribution < 1.29 is 19.4 Å². The molecular weight excluding hydrogens is 518 g/mol. The van der Waals surface area contributed by atoms with Crippen molar-refractivity contribution in [1.82, 2.24) is 9.99 Å². The van der Waals surface area contributed by atoms with Gasteiger partial charge in [0.05, 0.1) is 30.8 Å². The predicted molar refractivity (Wildman–Crippen MR) is 149 cm³/mol. The summed E-state index contributed by atoms with van der Waals surface area (Å²) in [6.07, 6.45) is 0.210. The number of carbonyl (C=O) groups excluding carboxylic acids is 1. The Hall–Kier alpha value is -4.43. The highest BCUT2D eigenvalue weighted by Crippen LogP contribution is 2.35. The number of nitrogens with zero attached hydrogens (tertiary/aromatic N) is 2. The molecule has 0 aliphatic carbocycles. The average molecular weight is 544 g/mol. The minimum atomic E-state index is -1.07. The van der Waals surface area contributed by atoms with Gasteiger partial charge in [0.2, 0.25) is 5.91 Å². The summed E-state index contributed by atoms with van der Waals surface area (Å²) in [5.74, 6) is -0.839. The van der Waals surface area contributed by atoms with Gasteiger partial charge in [-0.2, -0.15) is 5.10 Å². The summed E-state index contributed by atoms with van der Waals surface area (Å²) >= 11 is 6.37. The molecular formula is C30H26ClN3O5. The Kier molecular flexibility index (Phi) is 7.47. The second kappa shape index (κ2) is 11.1. The molecule has 1 aromatic heterocycles. The number of hydrogen-bond acceptors (Lipinski definition) is 5. The Morgan fingerprint density at radius 2 is 1.82 bits per heavy atom. The first kappa shape index (κ1) is 26.2. The topological polar surface area (TPSA) is 112 Å². The summed E-state index contributed by atoms with van der Waals surface area (Å²) in [4.78, 5) is 40.9. The Labute approximate surface area is 229 Å². The smallest absolute Gasteiger partial charge is 0.303 e. The highest BCUT2D eigenvalue weighted by Gasteiger charge is 2.35. The van der Waals surface area contributed by atoms with E-state index in [1.54, 1.807) is 31.4 Å². The van der Waals surface area contributed by atoms with Gasteiger partial charge in [-0.3, -0.25) is 14.4 Å². The van der Waals surface area contributed by atoms with Crippen LogP contribution in [0.3, 0.4) is 0 Å². The molecule has 1 unspecified atom stereocenters. The van der Waals surface area contributed by atoms with Crippen LogP contribution in [0.2, 0.25) is 5.02 Å². The lowest BCUT2D eigenvalue weighted by atomic mass is 9.91. The van der Waals surface area contributed by atoms with Crippen LogP contribution in [0.5, 0.6) is 5.75 Å². The number of aromatic amines is 1. The van der Waals surface area contributed by atoms with Crippen molar-refractivity contribution in [3.05, 3.63) is 110 Å². The second-order valence-electron chi connectivity index (χ2n) is 9.33. The maximum absolute atomic E-state index is 13.6. The van der Waals surface area contributed by atoms with E-state index in [-0.39, 0.29) is 24.8 Å². The summed E-state index contributed by atoms with van der Waals surface area (Å²) in [5.41, 5.74) is 3.73. The van der Waals surface area contributed by atoms with Crippen molar-refractivity contribution in [2.45, 2.75) is 31.7 Å². The van der Waals surface area contributed by atoms with Gasteiger partial charge in [-0.1, -0.05) is 54.1 Å². The van der Waals surface area contributed by atoms with Crippen molar-refractivity contribution in [2.75, 3.05) is 7.11 Å². The number of methoxy groups -OCH3 is 1. The largest absolute Gasteiger partial charge is 0.497 e. The fraction of sp³-hybridized carbons (Fsp3) is 0.200. The van der Waals surface area contributed by atoms with E-state index in [2.05, 4.69) is 10.1 Å². The van der Waals surface area contributed by atoms with Gasteiger partial charge in [0, 0.05) is 28.8 Å². The maximum atomic E-state index is 13.6. The van der Waals surface area contributed by atoms with E-state index >= 15 is 0 Å². The molecule has 0 spiro atoms. The number of aromatic nitrogens is 1. The van der Waals surface area contributed by atoms with Crippen LogP contribution in [0.15, 0.2) is 82.7 Å². The van der Waals surface area contributed by atoms with Gasteiger partial charge in [0.25, 0.3) is 5.56 Å². The standard InChI is InChI=1S/C30H26ClN3O5/c1-39-21-10-7-19(8-11-21)26-17-25(33-34(26)27(35)13-14-28(36)37)29-23(15-18-5-3-2-4-6-18)22-16-20(31)9-12-24(22)32-30(29)38/h2-12,16,26H,13-15,17H2,1H3,(H,32,38)(H,36,37). The van der Waals surface area contributed by atoms with Gasteiger partial charge in [-0.25, -0.2) is 5.01 Å². The van der Waals surface area contributed by atoms with E-state index in [0.717, 1.165) is 22.1 Å². The third-order valence-electron chi connectivity index (χ3n) is 6.82. The molecule has 0 fully saturated rings. The molecule has 1 atom stereocenters. The molecule has 39 heavy (non-hydrogen) atoms. The van der Waals surface area contributed by atoms with Crippen LogP contribution in [-0.4, -0.2) is 39.8 Å². The quantitative estimate of drug-likeness (QED) is 0.312. The van der Waals surface area contributed by atoms with E-state index < -0.39 is 17.9 Å². The molecule has 5 rings (SSSR count). The molecule has 8 nitrogen and oxygen atoms in total. The number of pyridine rings is 1. The molecule has 3 aromatic carbocycles. The van der Waals surface area contributed by atoms with Crippen LogP contribution in [0.25, 0.3) is 10.9 Å². The SMILES string of the molecule is COc1ccc(C2CC(c3c(Cc4ccccc4)c4cc(Cl)ccc4[nH]c3=O)=NN2C(=O)CCC(=O)O)cc1. The fourth-order valence-electron chi connectivity index (χ4n) is 4.93. The molecule has 9 heteroatoms. The summed E-state index contributed by atoms with van der Waals surface area (Å²) < 4.78 is 5.27. The lowest BCUT2D eigenvalue weighted by molar-refractivity contribution is -0.141. The molecule has 0 saturated heterocycles. The molecule has 0 radical (unpaired) electrons. The normalized spacial score (nSPS) is 14.9. The van der Waals surface area contributed by atoms with Crippen molar-refractivity contribution in [3.8, 4) is 5.75 Å². The number of amides is 1. The van der Waals surface area contributed by atoms with E-state index in [1.165, 1.54) is 5.01 Å². The highest BCUT2D eigenvalue weighted by molar-refractivity contribution is 6.31. The second-order valence-corrected chi connectivity index (χ2v) is 9.77. The third-order valence-corrected chi connectivity index (χ3v) is 7.05. The zero-order valence-corrected chi connectivity index (χ0v) is 21.9. The minimum absolute atomic E-state index is 0.209. The van der Waals surface area contributed by atoms with Crippen LogP contribution < -0.4 is 10.3 Å². The molecule has 0 bridgehead atoms. The summed E-state index contributed by atoms with van der Waals surface area (Å²) in [5, 5.41) is 16.4. The molecule has 0 saturated carbocycles. The number of hydrogen-bond donors (Lipinski definition) is 2. The predicted octanol–water partition coefficient (Wildman–Crippen LogP) is 5.32. The van der Waals surface area contributed by atoms with Crippen LogP contribution in [0, 0.1) is 0 Å². The molecule has 1 aliphatic heterocycles. The lowest BCUT2D eigenvalue weighted by Crippen LogP contribution is -2.27. The fourth-order valence-corrected chi connectivity index (χ4v) is 5.10. The number of carboxylic acid groups (broad SMARTS) is 1. The van der Waals surface area contributed by atoms with E-state index in [9.17, 15) is 14.4 Å². The minimum Gasteiger partial charge on any atom is -0.497 e. The van der Waals surface area contributed by atoms with Crippen LogP contribution in [0.4, 0.5) is 0 Å². The number of nitrogens with one attached hydrogen (secondary N) is 1. The third kappa shape index (κ3) is 5.56. The monoisotopic (exact) mass is 543 g/mol. The van der Waals surface area contributed by atoms with Crippen molar-refractivity contribution in [3.63, 3.8) is 0 Å². The Morgan fingerprint density at radius 3 is 2.51 bits per heavy atom. The number of fused-ring (bicyclic) bond motifs is 1. The Balaban J connectivity index is 1.64. The van der Waals surface area contributed by atoms with Crippen LogP contribution >= 0.6 is 11.6 Å². The van der Waals surface area contributed by atoms with Gasteiger partial charge < -0.3 is 14.8 Å². The van der Waals surface area contributed by atoms with Gasteiger partial charge in [0.1, 0.15) is 5.75 Å². The number of H-pyrrole nitrogens is 1.